The normalized spacial score (nSPS) is 14.6. The number of nitrogens with zero attached hydrogens (tertiary/aromatic N) is 2. The molecule has 0 spiro atoms. The molecule has 1 aromatic rings. The SMILES string of the molecule is CSCC(C)(O)CNc1cc(N)ncn1. The third kappa shape index (κ3) is 4.35. The van der Waals surface area contributed by atoms with Gasteiger partial charge in [-0.15, -0.1) is 0 Å². The maximum Gasteiger partial charge on any atom is 0.131 e. The molecule has 84 valence electrons. The summed E-state index contributed by atoms with van der Waals surface area (Å²) in [5.41, 5.74) is 4.75. The Hall–Kier alpha value is -1.01. The van der Waals surface area contributed by atoms with Crippen molar-refractivity contribution in [2.45, 2.75) is 12.5 Å². The predicted molar refractivity (Wildman–Crippen MR) is 63.9 cm³/mol. The lowest BCUT2D eigenvalue weighted by atomic mass is 10.1. The Bertz CT molecular complexity index is 319. The van der Waals surface area contributed by atoms with Crippen LogP contribution in [-0.4, -0.2) is 39.2 Å². The standard InChI is InChI=1S/C9H16N4OS/c1-9(14,5-15-2)4-11-8-3-7(10)12-6-13-8/h3,6,14H,4-5H2,1-2H3,(H3,10,11,12,13). The minimum atomic E-state index is -0.751. The van der Waals surface area contributed by atoms with Crippen molar-refractivity contribution >= 4 is 23.4 Å². The molecule has 0 aliphatic rings. The van der Waals surface area contributed by atoms with Crippen LogP contribution in [0.2, 0.25) is 0 Å². The largest absolute Gasteiger partial charge is 0.387 e. The number of thioether (sulfide) groups is 1. The van der Waals surface area contributed by atoms with Crippen molar-refractivity contribution in [2.24, 2.45) is 0 Å². The van der Waals surface area contributed by atoms with Crippen molar-refractivity contribution in [3.63, 3.8) is 0 Å². The van der Waals surface area contributed by atoms with Gasteiger partial charge in [0.05, 0.1) is 5.60 Å². The van der Waals surface area contributed by atoms with Gasteiger partial charge in [-0.05, 0) is 13.2 Å². The van der Waals surface area contributed by atoms with Gasteiger partial charge in [0.25, 0.3) is 0 Å². The molecule has 1 rings (SSSR count). The first-order valence-electron chi connectivity index (χ1n) is 4.56. The molecule has 5 nitrogen and oxygen atoms in total. The quantitative estimate of drug-likeness (QED) is 0.684. The van der Waals surface area contributed by atoms with E-state index in [1.54, 1.807) is 24.8 Å². The van der Waals surface area contributed by atoms with Crippen molar-refractivity contribution < 1.29 is 5.11 Å². The van der Waals surface area contributed by atoms with Gasteiger partial charge in [0, 0.05) is 18.4 Å². The van der Waals surface area contributed by atoms with E-state index in [0.717, 1.165) is 0 Å². The summed E-state index contributed by atoms with van der Waals surface area (Å²) in [7, 11) is 0. The molecule has 0 amide bonds. The fourth-order valence-electron chi connectivity index (χ4n) is 1.11. The van der Waals surface area contributed by atoms with Crippen molar-refractivity contribution in [3.05, 3.63) is 12.4 Å². The topological polar surface area (TPSA) is 84.1 Å². The molecule has 6 heteroatoms. The molecule has 0 aliphatic carbocycles. The highest BCUT2D eigenvalue weighted by atomic mass is 32.2. The van der Waals surface area contributed by atoms with E-state index in [2.05, 4.69) is 15.3 Å². The van der Waals surface area contributed by atoms with E-state index in [-0.39, 0.29) is 0 Å². The lowest BCUT2D eigenvalue weighted by molar-refractivity contribution is 0.0996. The van der Waals surface area contributed by atoms with E-state index < -0.39 is 5.60 Å². The van der Waals surface area contributed by atoms with E-state index in [1.807, 2.05) is 6.26 Å². The predicted octanol–water partition coefficient (Wildman–Crippen LogP) is 0.585. The Labute approximate surface area is 93.5 Å². The molecule has 0 bridgehead atoms. The number of rotatable bonds is 5. The molecule has 15 heavy (non-hydrogen) atoms. The van der Waals surface area contributed by atoms with Crippen LogP contribution in [0.3, 0.4) is 0 Å². The second-order valence-corrected chi connectivity index (χ2v) is 4.48. The highest BCUT2D eigenvalue weighted by molar-refractivity contribution is 7.98. The maximum atomic E-state index is 9.89. The van der Waals surface area contributed by atoms with Crippen LogP contribution in [0.15, 0.2) is 12.4 Å². The first-order valence-corrected chi connectivity index (χ1v) is 5.95. The maximum absolute atomic E-state index is 9.89. The van der Waals surface area contributed by atoms with Crippen LogP contribution in [0.4, 0.5) is 11.6 Å². The van der Waals surface area contributed by atoms with Crippen LogP contribution in [-0.2, 0) is 0 Å². The number of nitrogens with one attached hydrogen (secondary N) is 1. The summed E-state index contributed by atoms with van der Waals surface area (Å²) in [6.07, 6.45) is 3.35. The van der Waals surface area contributed by atoms with E-state index in [4.69, 9.17) is 5.73 Å². The van der Waals surface area contributed by atoms with Gasteiger partial charge < -0.3 is 16.2 Å². The number of hydrogen-bond donors (Lipinski definition) is 3. The Morgan fingerprint density at radius 2 is 2.33 bits per heavy atom. The summed E-state index contributed by atoms with van der Waals surface area (Å²) >= 11 is 1.60. The summed E-state index contributed by atoms with van der Waals surface area (Å²) in [5.74, 6) is 1.71. The lowest BCUT2D eigenvalue weighted by Crippen LogP contribution is -2.36. The molecule has 1 aromatic heterocycles. The summed E-state index contributed by atoms with van der Waals surface area (Å²) in [4.78, 5) is 7.76. The Morgan fingerprint density at radius 3 is 2.93 bits per heavy atom. The molecule has 0 saturated carbocycles. The van der Waals surface area contributed by atoms with Gasteiger partial charge in [0.2, 0.25) is 0 Å². The van der Waals surface area contributed by atoms with Crippen molar-refractivity contribution in [2.75, 3.05) is 29.6 Å². The summed E-state index contributed by atoms with van der Waals surface area (Å²) in [6, 6.07) is 1.63. The van der Waals surface area contributed by atoms with E-state index in [0.29, 0.717) is 23.9 Å². The minimum absolute atomic E-state index is 0.414. The lowest BCUT2D eigenvalue weighted by Gasteiger charge is -2.22. The monoisotopic (exact) mass is 228 g/mol. The number of anilines is 2. The molecular weight excluding hydrogens is 212 g/mol. The summed E-state index contributed by atoms with van der Waals surface area (Å²) in [6.45, 7) is 2.21. The van der Waals surface area contributed by atoms with Gasteiger partial charge in [-0.3, -0.25) is 0 Å². The summed E-state index contributed by atoms with van der Waals surface area (Å²) < 4.78 is 0. The van der Waals surface area contributed by atoms with Gasteiger partial charge in [-0.25, -0.2) is 9.97 Å². The molecule has 0 saturated heterocycles. The number of aromatic nitrogens is 2. The van der Waals surface area contributed by atoms with Crippen LogP contribution in [0, 0.1) is 0 Å². The van der Waals surface area contributed by atoms with Gasteiger partial charge in [0.1, 0.15) is 18.0 Å². The second kappa shape index (κ2) is 5.18. The highest BCUT2D eigenvalue weighted by Crippen LogP contribution is 2.12. The van der Waals surface area contributed by atoms with Gasteiger partial charge in [0.15, 0.2) is 0 Å². The first kappa shape index (κ1) is 12.1. The van der Waals surface area contributed by atoms with Gasteiger partial charge in [-0.2, -0.15) is 11.8 Å². The van der Waals surface area contributed by atoms with Crippen molar-refractivity contribution in [1.29, 1.82) is 0 Å². The van der Waals surface area contributed by atoms with Crippen LogP contribution in [0.5, 0.6) is 0 Å². The summed E-state index contributed by atoms with van der Waals surface area (Å²) in [5, 5.41) is 12.9. The minimum Gasteiger partial charge on any atom is -0.387 e. The zero-order valence-electron chi connectivity index (χ0n) is 8.90. The number of hydrogen-bond acceptors (Lipinski definition) is 6. The van der Waals surface area contributed by atoms with Gasteiger partial charge in [-0.1, -0.05) is 0 Å². The molecule has 0 radical (unpaired) electrons. The Balaban J connectivity index is 2.49. The van der Waals surface area contributed by atoms with Crippen LogP contribution in [0.25, 0.3) is 0 Å². The van der Waals surface area contributed by atoms with E-state index in [1.165, 1.54) is 6.33 Å². The smallest absolute Gasteiger partial charge is 0.131 e. The van der Waals surface area contributed by atoms with E-state index >= 15 is 0 Å². The number of nitrogen functional groups attached to an aromatic ring is 1. The molecular formula is C9H16N4OS. The molecule has 0 aromatic carbocycles. The third-order valence-corrected chi connectivity index (χ3v) is 2.70. The number of nitrogens with two attached hydrogens (primary N) is 1. The van der Waals surface area contributed by atoms with Crippen molar-refractivity contribution in [3.8, 4) is 0 Å². The van der Waals surface area contributed by atoms with Crippen LogP contribution >= 0.6 is 11.8 Å². The fraction of sp³-hybridized carbons (Fsp3) is 0.556. The average Bonchev–Trinajstić information content (AvgIpc) is 2.15. The molecule has 1 atom stereocenters. The second-order valence-electron chi connectivity index (χ2n) is 3.61. The number of aliphatic hydroxyl groups is 1. The van der Waals surface area contributed by atoms with Gasteiger partial charge >= 0.3 is 0 Å². The fourth-order valence-corrected chi connectivity index (χ4v) is 1.84. The Kier molecular flexibility index (Phi) is 4.16. The third-order valence-electron chi connectivity index (χ3n) is 1.79. The molecule has 0 aliphatic heterocycles. The zero-order valence-corrected chi connectivity index (χ0v) is 9.71. The zero-order chi connectivity index (χ0) is 11.3. The average molecular weight is 228 g/mol. The van der Waals surface area contributed by atoms with Crippen molar-refractivity contribution in [1.82, 2.24) is 9.97 Å². The molecule has 1 unspecified atom stereocenters. The molecule has 4 N–H and O–H groups in total. The molecule has 0 fully saturated rings. The Morgan fingerprint density at radius 1 is 1.60 bits per heavy atom. The highest BCUT2D eigenvalue weighted by Gasteiger charge is 2.19. The molecule has 1 heterocycles. The van der Waals surface area contributed by atoms with Crippen LogP contribution < -0.4 is 11.1 Å². The van der Waals surface area contributed by atoms with Crippen LogP contribution in [0.1, 0.15) is 6.92 Å². The first-order chi connectivity index (χ1) is 7.03. The van der Waals surface area contributed by atoms with E-state index in [9.17, 15) is 5.11 Å².